The summed E-state index contributed by atoms with van der Waals surface area (Å²) in [5.41, 5.74) is -1.40. The van der Waals surface area contributed by atoms with Crippen LogP contribution in [0.2, 0.25) is 5.02 Å². The highest BCUT2D eigenvalue weighted by Crippen LogP contribution is 2.50. The van der Waals surface area contributed by atoms with Gasteiger partial charge in [-0.2, -0.15) is 5.26 Å². The standard InChI is InChI=1S/C29H27ClFN3O4/c1-28(2,37)19-11-24-26(25(31)12-19)29(18-4-6-20(30)7-5-18,38-23-10-9-22(35)13-23)34(27(24)36)16-21-8-3-17(14-32)15-33-21/h3-8,11-12,15,22-23,35,37H,9-10,13,16H2,1-2H3/t22-,23-,29+/m0/s1. The smallest absolute Gasteiger partial charge is 0.257 e. The summed E-state index contributed by atoms with van der Waals surface area (Å²) >= 11 is 6.19. The number of ether oxygens (including phenoxy) is 1. The van der Waals surface area contributed by atoms with E-state index in [4.69, 9.17) is 21.6 Å². The maximum Gasteiger partial charge on any atom is 0.257 e. The normalized spacial score (nSPS) is 23.0. The molecule has 196 valence electrons. The van der Waals surface area contributed by atoms with Crippen molar-refractivity contribution >= 4 is 17.5 Å². The number of aliphatic hydroxyl groups excluding tert-OH is 1. The number of hydrogen-bond acceptors (Lipinski definition) is 6. The number of amides is 1. The van der Waals surface area contributed by atoms with Crippen LogP contribution in [0.15, 0.2) is 54.7 Å². The lowest BCUT2D eigenvalue weighted by atomic mass is 9.88. The highest BCUT2D eigenvalue weighted by molar-refractivity contribution is 6.30. The summed E-state index contributed by atoms with van der Waals surface area (Å²) in [5, 5.41) is 30.5. The second-order valence-electron chi connectivity index (χ2n) is 10.3. The molecule has 1 aliphatic heterocycles. The number of halogens is 2. The van der Waals surface area contributed by atoms with Crippen molar-refractivity contribution in [3.05, 3.63) is 99.1 Å². The van der Waals surface area contributed by atoms with E-state index in [0.29, 0.717) is 41.1 Å². The van der Waals surface area contributed by atoms with Gasteiger partial charge in [-0.15, -0.1) is 0 Å². The minimum absolute atomic E-state index is 0.0351. The maximum atomic E-state index is 16.2. The van der Waals surface area contributed by atoms with Gasteiger partial charge in [-0.25, -0.2) is 4.39 Å². The highest BCUT2D eigenvalue weighted by Gasteiger charge is 2.56. The van der Waals surface area contributed by atoms with Crippen LogP contribution in [-0.4, -0.2) is 38.2 Å². The Morgan fingerprint density at radius 1 is 1.24 bits per heavy atom. The van der Waals surface area contributed by atoms with Gasteiger partial charge in [-0.1, -0.05) is 23.7 Å². The molecule has 0 saturated heterocycles. The number of carbonyl (C=O) groups is 1. The zero-order valence-corrected chi connectivity index (χ0v) is 21.7. The Kier molecular flexibility index (Phi) is 6.74. The largest absolute Gasteiger partial charge is 0.393 e. The van der Waals surface area contributed by atoms with E-state index in [9.17, 15) is 15.0 Å². The molecule has 0 unspecified atom stereocenters. The number of pyridine rings is 1. The van der Waals surface area contributed by atoms with E-state index in [1.807, 2.05) is 6.07 Å². The summed E-state index contributed by atoms with van der Waals surface area (Å²) < 4.78 is 22.9. The van der Waals surface area contributed by atoms with Crippen LogP contribution < -0.4 is 0 Å². The van der Waals surface area contributed by atoms with Crippen molar-refractivity contribution in [3.63, 3.8) is 0 Å². The van der Waals surface area contributed by atoms with Gasteiger partial charge < -0.3 is 14.9 Å². The first-order chi connectivity index (χ1) is 18.0. The van der Waals surface area contributed by atoms with Crippen LogP contribution in [0.5, 0.6) is 0 Å². The summed E-state index contributed by atoms with van der Waals surface area (Å²) in [6, 6.07) is 14.7. The van der Waals surface area contributed by atoms with E-state index in [0.717, 1.165) is 0 Å². The highest BCUT2D eigenvalue weighted by atomic mass is 35.5. The van der Waals surface area contributed by atoms with Gasteiger partial charge in [0, 0.05) is 16.8 Å². The van der Waals surface area contributed by atoms with E-state index in [1.54, 1.807) is 36.4 Å². The lowest BCUT2D eigenvalue weighted by Crippen LogP contribution is -2.48. The average molecular weight is 536 g/mol. The van der Waals surface area contributed by atoms with Crippen LogP contribution in [0.3, 0.4) is 0 Å². The zero-order chi connectivity index (χ0) is 27.2. The molecule has 2 N–H and O–H groups in total. The van der Waals surface area contributed by atoms with Crippen molar-refractivity contribution in [1.29, 1.82) is 5.26 Å². The average Bonchev–Trinajstić information content (AvgIpc) is 3.39. The van der Waals surface area contributed by atoms with Gasteiger partial charge in [-0.05, 0) is 75.1 Å². The fourth-order valence-electron chi connectivity index (χ4n) is 5.26. The van der Waals surface area contributed by atoms with Gasteiger partial charge in [-0.3, -0.25) is 14.7 Å². The fraction of sp³-hybridized carbons (Fsp3) is 0.345. The first-order valence-electron chi connectivity index (χ1n) is 12.4. The molecule has 3 aromatic rings. The molecule has 2 aliphatic rings. The third-order valence-electron chi connectivity index (χ3n) is 7.19. The minimum atomic E-state index is -1.69. The zero-order valence-electron chi connectivity index (χ0n) is 21.0. The molecule has 0 bridgehead atoms. The van der Waals surface area contributed by atoms with Crippen LogP contribution in [0.25, 0.3) is 0 Å². The van der Waals surface area contributed by atoms with Crippen molar-refractivity contribution in [2.24, 2.45) is 0 Å². The van der Waals surface area contributed by atoms with Crippen LogP contribution in [0, 0.1) is 17.1 Å². The van der Waals surface area contributed by atoms with Crippen LogP contribution in [0.1, 0.15) is 71.4 Å². The van der Waals surface area contributed by atoms with Gasteiger partial charge in [0.2, 0.25) is 5.72 Å². The molecule has 1 amide bonds. The number of hydrogen-bond donors (Lipinski definition) is 2. The van der Waals surface area contributed by atoms with Gasteiger partial charge in [0.15, 0.2) is 0 Å². The quantitative estimate of drug-likeness (QED) is 0.471. The molecule has 0 spiro atoms. The van der Waals surface area contributed by atoms with Crippen molar-refractivity contribution in [1.82, 2.24) is 9.88 Å². The summed E-state index contributed by atoms with van der Waals surface area (Å²) in [5.74, 6) is -1.19. The van der Waals surface area contributed by atoms with Crippen molar-refractivity contribution in [3.8, 4) is 6.07 Å². The molecular weight excluding hydrogens is 509 g/mol. The van der Waals surface area contributed by atoms with Crippen LogP contribution >= 0.6 is 11.6 Å². The molecule has 1 aromatic heterocycles. The lowest BCUT2D eigenvalue weighted by Gasteiger charge is -2.41. The Morgan fingerprint density at radius 3 is 2.55 bits per heavy atom. The Morgan fingerprint density at radius 2 is 1.97 bits per heavy atom. The monoisotopic (exact) mass is 535 g/mol. The summed E-state index contributed by atoms with van der Waals surface area (Å²) in [4.78, 5) is 19.9. The molecule has 5 rings (SSSR count). The molecule has 1 aliphatic carbocycles. The molecule has 0 radical (unpaired) electrons. The Balaban J connectivity index is 1.75. The molecule has 2 aromatic carbocycles. The van der Waals surface area contributed by atoms with Gasteiger partial charge in [0.25, 0.3) is 5.91 Å². The number of benzene rings is 2. The van der Waals surface area contributed by atoms with E-state index in [-0.39, 0.29) is 23.2 Å². The first kappa shape index (κ1) is 26.3. The predicted molar refractivity (Wildman–Crippen MR) is 137 cm³/mol. The third-order valence-corrected chi connectivity index (χ3v) is 7.45. The van der Waals surface area contributed by atoms with Gasteiger partial charge >= 0.3 is 0 Å². The van der Waals surface area contributed by atoms with Crippen molar-refractivity contribution in [2.45, 2.75) is 63.2 Å². The topological polar surface area (TPSA) is 107 Å². The second-order valence-corrected chi connectivity index (χ2v) is 10.8. The van der Waals surface area contributed by atoms with Crippen LogP contribution in [0.4, 0.5) is 4.39 Å². The number of aromatic nitrogens is 1. The van der Waals surface area contributed by atoms with Crippen molar-refractivity contribution < 1.29 is 24.1 Å². The number of nitriles is 1. The number of carbonyl (C=O) groups excluding carboxylic acids is 1. The Bertz CT molecular complexity index is 1420. The number of aliphatic hydroxyl groups is 2. The first-order valence-corrected chi connectivity index (χ1v) is 12.8. The minimum Gasteiger partial charge on any atom is -0.393 e. The molecule has 1 saturated carbocycles. The van der Waals surface area contributed by atoms with E-state index in [1.165, 1.54) is 37.1 Å². The van der Waals surface area contributed by atoms with E-state index in [2.05, 4.69) is 4.98 Å². The number of fused-ring (bicyclic) bond motifs is 1. The molecular formula is C29H27ClFN3O4. The predicted octanol–water partition coefficient (Wildman–Crippen LogP) is 4.76. The van der Waals surface area contributed by atoms with E-state index < -0.39 is 35.3 Å². The molecule has 2 heterocycles. The summed E-state index contributed by atoms with van der Waals surface area (Å²) in [6.45, 7) is 3.00. The lowest BCUT2D eigenvalue weighted by molar-refractivity contribution is -0.149. The molecule has 1 fully saturated rings. The second kappa shape index (κ2) is 9.75. The van der Waals surface area contributed by atoms with Gasteiger partial charge in [0.05, 0.1) is 46.7 Å². The number of rotatable bonds is 6. The Labute approximate surface area is 225 Å². The maximum absolute atomic E-state index is 16.2. The fourth-order valence-corrected chi connectivity index (χ4v) is 5.38. The Hall–Kier alpha value is -3.35. The molecule has 38 heavy (non-hydrogen) atoms. The summed E-state index contributed by atoms with van der Waals surface area (Å²) in [6.07, 6.45) is 1.80. The van der Waals surface area contributed by atoms with Crippen LogP contribution in [-0.2, 0) is 22.6 Å². The molecule has 3 atom stereocenters. The van der Waals surface area contributed by atoms with Crippen molar-refractivity contribution in [2.75, 3.05) is 0 Å². The SMILES string of the molecule is CC(C)(O)c1cc(F)c2c(c1)C(=O)N(Cc1ccc(C#N)cn1)[C@@]2(O[C@H]1CC[C@H](O)C1)c1ccc(Cl)cc1. The van der Waals surface area contributed by atoms with E-state index >= 15 is 4.39 Å². The van der Waals surface area contributed by atoms with Gasteiger partial charge in [0.1, 0.15) is 11.9 Å². The third kappa shape index (κ3) is 4.56. The molecule has 7 nitrogen and oxygen atoms in total. The number of nitrogens with zero attached hydrogens (tertiary/aromatic N) is 3. The summed E-state index contributed by atoms with van der Waals surface area (Å²) in [7, 11) is 0. The molecule has 9 heteroatoms.